The molecule has 0 spiro atoms. The lowest BCUT2D eigenvalue weighted by Gasteiger charge is -2.45. The molecule has 4 aliphatic rings. The molecule has 0 aromatic heterocycles. The predicted molar refractivity (Wildman–Crippen MR) is 123 cm³/mol. The summed E-state index contributed by atoms with van der Waals surface area (Å²) in [6.07, 6.45) is -0.0501. The molecule has 0 aromatic rings. The Kier molecular flexibility index (Phi) is 7.28. The van der Waals surface area contributed by atoms with Gasteiger partial charge in [-0.1, -0.05) is 36.3 Å². The van der Waals surface area contributed by atoms with Crippen molar-refractivity contribution in [3.63, 3.8) is 0 Å². The third-order valence-electron chi connectivity index (χ3n) is 9.42. The Morgan fingerprint density at radius 3 is 2.08 bits per heavy atom. The van der Waals surface area contributed by atoms with Crippen LogP contribution in [0.1, 0.15) is 77.6 Å². The second-order valence-corrected chi connectivity index (χ2v) is 11.8. The maximum atomic E-state index is 13.1. The number of halogens is 6. The number of hydrogen-bond donors (Lipinski definition) is 3. The maximum Gasteiger partial charge on any atom is 0.429 e. The number of allylic oxidation sites excluding steroid dienone is 4. The lowest BCUT2D eigenvalue weighted by Crippen LogP contribution is -2.55. The van der Waals surface area contributed by atoms with E-state index in [9.17, 15) is 41.7 Å². The molecule has 36 heavy (non-hydrogen) atoms. The average molecular weight is 523 g/mol. The smallest absolute Gasteiger partial charge is 0.393 e. The van der Waals surface area contributed by atoms with Gasteiger partial charge in [0, 0.05) is 0 Å². The van der Waals surface area contributed by atoms with Crippen molar-refractivity contribution in [3.05, 3.63) is 35.5 Å². The zero-order valence-corrected chi connectivity index (χ0v) is 20.5. The minimum Gasteiger partial charge on any atom is -0.393 e. The van der Waals surface area contributed by atoms with E-state index in [1.807, 2.05) is 6.08 Å². The third-order valence-corrected chi connectivity index (χ3v) is 9.42. The summed E-state index contributed by atoms with van der Waals surface area (Å²) < 4.78 is 78.3. The molecule has 204 valence electrons. The lowest BCUT2D eigenvalue weighted by molar-refractivity contribution is -0.347. The first-order valence-electron chi connectivity index (χ1n) is 12.9. The molecule has 3 N–H and O–H groups in total. The second-order valence-electron chi connectivity index (χ2n) is 11.8. The summed E-state index contributed by atoms with van der Waals surface area (Å²) in [4.78, 5) is 0. The monoisotopic (exact) mass is 522 g/mol. The van der Waals surface area contributed by atoms with Crippen LogP contribution in [0.4, 0.5) is 26.3 Å². The number of aliphatic hydroxyl groups excluding tert-OH is 2. The van der Waals surface area contributed by atoms with Crippen molar-refractivity contribution in [2.24, 2.45) is 22.7 Å². The first kappa shape index (κ1) is 27.7. The van der Waals surface area contributed by atoms with Crippen molar-refractivity contribution in [1.82, 2.24) is 0 Å². The standard InChI is InChI=1S/C27H36F6O3/c1-23-9-2-4-18(6-5-17-14-19(34)16-20(35)15-17)21(23)7-8-22(23)24(12-13-24)10-3-11-25(36,26(28,29)30)27(31,32)33/h3,5-6,11,19-22,34-36H,2,4,7-10,12-16H2,1H3/t19-,20?,21?,22?,23+/m1/s1. The largest absolute Gasteiger partial charge is 0.429 e. The molecule has 0 radical (unpaired) electrons. The molecular formula is C27H36F6O3. The summed E-state index contributed by atoms with van der Waals surface area (Å²) in [5.74, 6) is 0.495. The average Bonchev–Trinajstić information content (AvgIpc) is 3.42. The van der Waals surface area contributed by atoms with E-state index in [2.05, 4.69) is 13.0 Å². The maximum absolute atomic E-state index is 13.1. The predicted octanol–water partition coefficient (Wildman–Crippen LogP) is 6.54. The van der Waals surface area contributed by atoms with E-state index in [1.54, 1.807) is 0 Å². The van der Waals surface area contributed by atoms with Crippen LogP contribution in [0.3, 0.4) is 0 Å². The zero-order chi connectivity index (χ0) is 26.6. The fourth-order valence-corrected chi connectivity index (χ4v) is 7.45. The molecule has 0 aromatic carbocycles. The van der Waals surface area contributed by atoms with Gasteiger partial charge < -0.3 is 15.3 Å². The quantitative estimate of drug-likeness (QED) is 0.284. The van der Waals surface area contributed by atoms with E-state index < -0.39 is 30.2 Å². The first-order valence-corrected chi connectivity index (χ1v) is 12.9. The van der Waals surface area contributed by atoms with Crippen LogP contribution in [-0.2, 0) is 0 Å². The van der Waals surface area contributed by atoms with Gasteiger partial charge >= 0.3 is 12.4 Å². The second kappa shape index (κ2) is 9.45. The third kappa shape index (κ3) is 5.04. The molecule has 0 amide bonds. The van der Waals surface area contributed by atoms with Gasteiger partial charge in [-0.2, -0.15) is 26.3 Å². The number of fused-ring (bicyclic) bond motifs is 1. The summed E-state index contributed by atoms with van der Waals surface area (Å²) in [6, 6.07) is 0. The van der Waals surface area contributed by atoms with E-state index in [1.165, 1.54) is 5.57 Å². The molecule has 3 nitrogen and oxygen atoms in total. The molecule has 0 heterocycles. The summed E-state index contributed by atoms with van der Waals surface area (Å²) in [5.41, 5.74) is -2.92. The number of rotatable bonds is 5. The number of alkyl halides is 6. The Labute approximate surface area is 208 Å². The Hall–Kier alpha value is -1.32. The van der Waals surface area contributed by atoms with Crippen LogP contribution in [0, 0.1) is 22.7 Å². The van der Waals surface area contributed by atoms with Crippen LogP contribution in [-0.4, -0.2) is 45.5 Å². The van der Waals surface area contributed by atoms with E-state index in [4.69, 9.17) is 0 Å². The molecule has 4 saturated carbocycles. The highest BCUT2D eigenvalue weighted by Crippen LogP contribution is 2.69. The van der Waals surface area contributed by atoms with E-state index in [0.29, 0.717) is 25.2 Å². The highest BCUT2D eigenvalue weighted by Gasteiger charge is 2.69. The summed E-state index contributed by atoms with van der Waals surface area (Å²) >= 11 is 0. The summed E-state index contributed by atoms with van der Waals surface area (Å²) in [5, 5.41) is 29.4. The molecule has 0 saturated heterocycles. The summed E-state index contributed by atoms with van der Waals surface area (Å²) in [7, 11) is 0. The molecule has 4 rings (SSSR count). The van der Waals surface area contributed by atoms with Crippen LogP contribution in [0.25, 0.3) is 0 Å². The van der Waals surface area contributed by atoms with Crippen LogP contribution >= 0.6 is 0 Å². The Balaban J connectivity index is 1.50. The Morgan fingerprint density at radius 1 is 0.917 bits per heavy atom. The van der Waals surface area contributed by atoms with E-state index in [0.717, 1.165) is 56.6 Å². The molecule has 5 atom stereocenters. The van der Waals surface area contributed by atoms with Gasteiger partial charge in [-0.25, -0.2) is 0 Å². The molecule has 9 heteroatoms. The molecule has 4 aliphatic carbocycles. The van der Waals surface area contributed by atoms with Crippen molar-refractivity contribution < 1.29 is 41.7 Å². The minimum absolute atomic E-state index is 0.0805. The highest BCUT2D eigenvalue weighted by atomic mass is 19.4. The Bertz CT molecular complexity index is 887. The highest BCUT2D eigenvalue weighted by molar-refractivity contribution is 5.27. The molecule has 3 unspecified atom stereocenters. The van der Waals surface area contributed by atoms with Crippen LogP contribution in [0.2, 0.25) is 0 Å². The molecule has 4 fully saturated rings. The first-order chi connectivity index (χ1) is 16.6. The van der Waals surface area contributed by atoms with Crippen molar-refractivity contribution in [1.29, 1.82) is 0 Å². The van der Waals surface area contributed by atoms with Crippen molar-refractivity contribution in [2.75, 3.05) is 0 Å². The van der Waals surface area contributed by atoms with Crippen LogP contribution in [0.5, 0.6) is 0 Å². The molecule has 0 bridgehead atoms. The fourth-order valence-electron chi connectivity index (χ4n) is 7.45. The van der Waals surface area contributed by atoms with Gasteiger partial charge in [0.1, 0.15) is 0 Å². The van der Waals surface area contributed by atoms with Gasteiger partial charge in [0.05, 0.1) is 12.2 Å². The lowest BCUT2D eigenvalue weighted by atomic mass is 9.59. The number of aliphatic hydroxyl groups is 3. The minimum atomic E-state index is -5.84. The zero-order valence-electron chi connectivity index (χ0n) is 20.5. The fraction of sp³-hybridized carbons (Fsp3) is 0.778. The van der Waals surface area contributed by atoms with Crippen molar-refractivity contribution in [3.8, 4) is 0 Å². The van der Waals surface area contributed by atoms with E-state index in [-0.39, 0.29) is 29.2 Å². The van der Waals surface area contributed by atoms with Crippen LogP contribution < -0.4 is 0 Å². The SMILES string of the molecule is C[C@]12CCCC(=CC=C3CC(O)C[C@H](O)C3)C1CCC2C1(CC=CC(O)(C(F)(F)F)C(F)(F)F)CC1. The Morgan fingerprint density at radius 2 is 1.53 bits per heavy atom. The van der Waals surface area contributed by atoms with Gasteiger partial charge in [-0.05, 0) is 99.4 Å². The van der Waals surface area contributed by atoms with E-state index >= 15 is 0 Å². The normalized spacial score (nSPS) is 37.6. The summed E-state index contributed by atoms with van der Waals surface area (Å²) in [6.45, 7) is 2.22. The molecule has 0 aliphatic heterocycles. The van der Waals surface area contributed by atoms with Gasteiger partial charge in [0.15, 0.2) is 0 Å². The topological polar surface area (TPSA) is 60.7 Å². The molecular weight excluding hydrogens is 486 g/mol. The van der Waals surface area contributed by atoms with Gasteiger partial charge in [-0.15, -0.1) is 0 Å². The van der Waals surface area contributed by atoms with Gasteiger partial charge in [-0.3, -0.25) is 0 Å². The van der Waals surface area contributed by atoms with Crippen LogP contribution in [0.15, 0.2) is 35.5 Å². The van der Waals surface area contributed by atoms with Gasteiger partial charge in [0.2, 0.25) is 0 Å². The van der Waals surface area contributed by atoms with Crippen molar-refractivity contribution >= 4 is 0 Å². The van der Waals surface area contributed by atoms with Gasteiger partial charge in [0.25, 0.3) is 5.60 Å². The van der Waals surface area contributed by atoms with Crippen molar-refractivity contribution in [2.45, 2.75) is 108 Å². The number of hydrogen-bond acceptors (Lipinski definition) is 3.